The summed E-state index contributed by atoms with van der Waals surface area (Å²) in [6, 6.07) is 14.2. The molecule has 0 saturated heterocycles. The number of amides is 1. The number of carbonyl (C=O) groups excluding carboxylic acids is 1. The highest BCUT2D eigenvalue weighted by Crippen LogP contribution is 2.22. The van der Waals surface area contributed by atoms with Crippen molar-refractivity contribution in [2.75, 3.05) is 13.6 Å². The summed E-state index contributed by atoms with van der Waals surface area (Å²) in [7, 11) is -1.98. The number of benzene rings is 2. The summed E-state index contributed by atoms with van der Waals surface area (Å²) in [6.45, 7) is 4.91. The number of hydrogen-bond acceptors (Lipinski definition) is 3. The van der Waals surface area contributed by atoms with E-state index in [1.54, 1.807) is 19.2 Å². The van der Waals surface area contributed by atoms with Crippen LogP contribution in [0.1, 0.15) is 35.3 Å². The van der Waals surface area contributed by atoms with Crippen molar-refractivity contribution in [3.63, 3.8) is 0 Å². The fourth-order valence-electron chi connectivity index (χ4n) is 3.06. The van der Waals surface area contributed by atoms with Gasteiger partial charge in [0.25, 0.3) is 5.91 Å². The van der Waals surface area contributed by atoms with Gasteiger partial charge in [0, 0.05) is 31.7 Å². The van der Waals surface area contributed by atoms with E-state index in [1.807, 2.05) is 36.9 Å². The van der Waals surface area contributed by atoms with Crippen molar-refractivity contribution in [3.8, 4) is 0 Å². The lowest BCUT2D eigenvalue weighted by Gasteiger charge is -2.29. The Hall–Kier alpha value is -2.18. The molecule has 6 heteroatoms. The first kappa shape index (κ1) is 18.6. The molecule has 1 aliphatic rings. The lowest BCUT2D eigenvalue weighted by atomic mass is 9.99. The minimum Gasteiger partial charge on any atom is -0.334 e. The molecule has 26 heavy (non-hydrogen) atoms. The maximum absolute atomic E-state index is 12.8. The Labute approximate surface area is 155 Å². The van der Waals surface area contributed by atoms with Gasteiger partial charge in [0.15, 0.2) is 0 Å². The fraction of sp³-hybridized carbons (Fsp3) is 0.350. The van der Waals surface area contributed by atoms with Gasteiger partial charge >= 0.3 is 0 Å². The van der Waals surface area contributed by atoms with Crippen molar-refractivity contribution in [2.45, 2.75) is 37.8 Å². The molecule has 2 aromatic carbocycles. The molecule has 0 atom stereocenters. The van der Waals surface area contributed by atoms with Gasteiger partial charge in [-0.2, -0.15) is 4.31 Å². The van der Waals surface area contributed by atoms with E-state index >= 15 is 0 Å². The zero-order valence-electron chi connectivity index (χ0n) is 15.3. The van der Waals surface area contributed by atoms with Crippen molar-refractivity contribution < 1.29 is 13.2 Å². The molecule has 0 unspecified atom stereocenters. The third kappa shape index (κ3) is 3.52. The maximum atomic E-state index is 12.8. The summed E-state index contributed by atoms with van der Waals surface area (Å²) >= 11 is 0. The minimum absolute atomic E-state index is 0.0688. The van der Waals surface area contributed by atoms with Crippen LogP contribution in [0.5, 0.6) is 0 Å². The van der Waals surface area contributed by atoms with Crippen LogP contribution in [-0.2, 0) is 23.0 Å². The predicted octanol–water partition coefficient (Wildman–Crippen LogP) is 2.91. The number of fused-ring (bicyclic) bond motifs is 1. The molecule has 0 N–H and O–H groups in total. The van der Waals surface area contributed by atoms with Crippen molar-refractivity contribution in [1.82, 2.24) is 9.21 Å². The molecule has 0 spiro atoms. The van der Waals surface area contributed by atoms with Crippen LogP contribution in [0.15, 0.2) is 53.4 Å². The Bertz CT molecular complexity index is 905. The predicted molar refractivity (Wildman–Crippen MR) is 101 cm³/mol. The van der Waals surface area contributed by atoms with Gasteiger partial charge in [0.2, 0.25) is 10.0 Å². The SMILES string of the molecule is CC(C)N(C)S(=O)(=O)c1ccc(C(=O)N2CCc3ccccc3C2)cc1. The molecule has 138 valence electrons. The Morgan fingerprint density at radius 2 is 1.65 bits per heavy atom. The molecular weight excluding hydrogens is 348 g/mol. The summed E-state index contributed by atoms with van der Waals surface area (Å²) < 4.78 is 26.4. The van der Waals surface area contributed by atoms with Crippen molar-refractivity contribution in [3.05, 3.63) is 65.2 Å². The molecular formula is C20H24N2O3S. The summed E-state index contributed by atoms with van der Waals surface area (Å²) in [6.07, 6.45) is 0.841. The number of nitrogens with zero attached hydrogens (tertiary/aromatic N) is 2. The quantitative estimate of drug-likeness (QED) is 0.829. The highest BCUT2D eigenvalue weighted by Gasteiger charge is 2.25. The van der Waals surface area contributed by atoms with Gasteiger partial charge in [0.1, 0.15) is 0 Å². The first-order valence-corrected chi connectivity index (χ1v) is 10.2. The zero-order valence-corrected chi connectivity index (χ0v) is 16.2. The van der Waals surface area contributed by atoms with Crippen LogP contribution < -0.4 is 0 Å². The third-order valence-corrected chi connectivity index (χ3v) is 6.97. The van der Waals surface area contributed by atoms with E-state index in [9.17, 15) is 13.2 Å². The van der Waals surface area contributed by atoms with Crippen LogP contribution in [0.3, 0.4) is 0 Å². The lowest BCUT2D eigenvalue weighted by Crippen LogP contribution is -2.36. The summed E-state index contributed by atoms with van der Waals surface area (Å²) in [5.74, 6) is -0.0688. The summed E-state index contributed by atoms with van der Waals surface area (Å²) in [5, 5.41) is 0. The molecule has 0 aliphatic carbocycles. The average molecular weight is 372 g/mol. The van der Waals surface area contributed by atoms with Crippen LogP contribution in [0.2, 0.25) is 0 Å². The first-order valence-electron chi connectivity index (χ1n) is 8.75. The van der Waals surface area contributed by atoms with E-state index in [-0.39, 0.29) is 16.8 Å². The fourth-order valence-corrected chi connectivity index (χ4v) is 4.43. The van der Waals surface area contributed by atoms with Crippen LogP contribution in [-0.4, -0.2) is 43.2 Å². The molecule has 5 nitrogen and oxygen atoms in total. The molecule has 0 bridgehead atoms. The minimum atomic E-state index is -3.54. The van der Waals surface area contributed by atoms with Gasteiger partial charge in [0.05, 0.1) is 4.90 Å². The average Bonchev–Trinajstić information content (AvgIpc) is 2.66. The highest BCUT2D eigenvalue weighted by molar-refractivity contribution is 7.89. The molecule has 0 aromatic heterocycles. The Morgan fingerprint density at radius 1 is 1.04 bits per heavy atom. The Kier molecular flexibility index (Phi) is 5.16. The van der Waals surface area contributed by atoms with E-state index in [0.29, 0.717) is 18.7 Å². The first-order chi connectivity index (χ1) is 12.3. The molecule has 1 amide bonds. The Morgan fingerprint density at radius 3 is 2.27 bits per heavy atom. The molecule has 1 heterocycles. The van der Waals surface area contributed by atoms with Crippen molar-refractivity contribution in [1.29, 1.82) is 0 Å². The van der Waals surface area contributed by atoms with Crippen LogP contribution in [0.25, 0.3) is 0 Å². The van der Waals surface area contributed by atoms with E-state index in [4.69, 9.17) is 0 Å². The Balaban J connectivity index is 1.78. The molecule has 0 saturated carbocycles. The van der Waals surface area contributed by atoms with Gasteiger partial charge < -0.3 is 4.90 Å². The molecule has 2 aromatic rings. The largest absolute Gasteiger partial charge is 0.334 e. The van der Waals surface area contributed by atoms with Crippen molar-refractivity contribution >= 4 is 15.9 Å². The standard InChI is InChI=1S/C20H24N2O3S/c1-15(2)21(3)26(24,25)19-10-8-17(9-11-19)20(23)22-13-12-16-6-4-5-7-18(16)14-22/h4-11,15H,12-14H2,1-3H3. The third-order valence-electron chi connectivity index (χ3n) is 4.92. The van der Waals surface area contributed by atoms with Crippen LogP contribution in [0.4, 0.5) is 0 Å². The van der Waals surface area contributed by atoms with Gasteiger partial charge in [-0.1, -0.05) is 24.3 Å². The molecule has 0 fully saturated rings. The van der Waals surface area contributed by atoms with Crippen molar-refractivity contribution in [2.24, 2.45) is 0 Å². The van der Waals surface area contributed by atoms with Crippen LogP contribution in [0, 0.1) is 0 Å². The van der Waals surface area contributed by atoms with Gasteiger partial charge in [-0.15, -0.1) is 0 Å². The molecule has 3 rings (SSSR count). The lowest BCUT2D eigenvalue weighted by molar-refractivity contribution is 0.0734. The summed E-state index contributed by atoms with van der Waals surface area (Å²) in [5.41, 5.74) is 2.97. The van der Waals surface area contributed by atoms with E-state index in [0.717, 1.165) is 6.42 Å². The monoisotopic (exact) mass is 372 g/mol. The highest BCUT2D eigenvalue weighted by atomic mass is 32.2. The topological polar surface area (TPSA) is 57.7 Å². The number of hydrogen-bond donors (Lipinski definition) is 0. The molecule has 1 aliphatic heterocycles. The second-order valence-electron chi connectivity index (χ2n) is 6.88. The second kappa shape index (κ2) is 7.21. The van der Waals surface area contributed by atoms with Gasteiger partial charge in [-0.3, -0.25) is 4.79 Å². The number of carbonyl (C=O) groups is 1. The summed E-state index contributed by atoms with van der Waals surface area (Å²) in [4.78, 5) is 14.8. The van der Waals surface area contributed by atoms with E-state index in [1.165, 1.54) is 27.6 Å². The van der Waals surface area contributed by atoms with Gasteiger partial charge in [-0.05, 0) is 55.7 Å². The number of sulfonamides is 1. The molecule has 0 radical (unpaired) electrons. The van der Waals surface area contributed by atoms with Gasteiger partial charge in [-0.25, -0.2) is 8.42 Å². The van der Waals surface area contributed by atoms with E-state index < -0.39 is 10.0 Å². The maximum Gasteiger partial charge on any atom is 0.254 e. The second-order valence-corrected chi connectivity index (χ2v) is 8.88. The van der Waals surface area contributed by atoms with E-state index in [2.05, 4.69) is 6.07 Å². The normalized spacial score (nSPS) is 14.6. The number of rotatable bonds is 4. The zero-order chi connectivity index (χ0) is 18.9. The smallest absolute Gasteiger partial charge is 0.254 e. The van der Waals surface area contributed by atoms with Crippen LogP contribution >= 0.6 is 0 Å².